The SMILES string of the molecule is C[C@@H]1C=C(F)C(CC[C@H](O)C2CCC([C@H]3CCC([C@@H]4C=CC=CC4)C(F)=C3F)CC2)CC1. The summed E-state index contributed by atoms with van der Waals surface area (Å²) in [6.07, 6.45) is 18.1. The zero-order valence-electron chi connectivity index (χ0n) is 19.4. The highest BCUT2D eigenvalue weighted by Crippen LogP contribution is 2.48. The van der Waals surface area contributed by atoms with Crippen molar-refractivity contribution in [2.45, 2.75) is 83.7 Å². The monoisotopic (exact) mass is 448 g/mol. The van der Waals surface area contributed by atoms with Gasteiger partial charge in [-0.3, -0.25) is 0 Å². The molecule has 0 saturated heterocycles. The van der Waals surface area contributed by atoms with Crippen molar-refractivity contribution in [1.82, 2.24) is 0 Å². The highest BCUT2D eigenvalue weighted by Gasteiger charge is 2.40. The van der Waals surface area contributed by atoms with E-state index in [0.29, 0.717) is 25.2 Å². The number of hydrogen-bond donors (Lipinski definition) is 1. The maximum Gasteiger partial charge on any atom is 0.135 e. The molecule has 0 spiro atoms. The number of allylic oxidation sites excluding steroid dienone is 8. The van der Waals surface area contributed by atoms with E-state index in [0.717, 1.165) is 51.4 Å². The molecular formula is C28H39F3O. The molecular weight excluding hydrogens is 409 g/mol. The van der Waals surface area contributed by atoms with Gasteiger partial charge in [-0.25, -0.2) is 13.2 Å². The first-order valence-corrected chi connectivity index (χ1v) is 12.9. The summed E-state index contributed by atoms with van der Waals surface area (Å²) >= 11 is 0. The van der Waals surface area contributed by atoms with Gasteiger partial charge in [-0.15, -0.1) is 0 Å². The summed E-state index contributed by atoms with van der Waals surface area (Å²) < 4.78 is 44.2. The third-order valence-corrected chi connectivity index (χ3v) is 8.74. The summed E-state index contributed by atoms with van der Waals surface area (Å²) in [5.74, 6) is -0.892. The number of hydrogen-bond acceptors (Lipinski definition) is 1. The van der Waals surface area contributed by atoms with Crippen LogP contribution in [0.15, 0.2) is 47.9 Å². The van der Waals surface area contributed by atoms with Crippen LogP contribution in [0.1, 0.15) is 77.6 Å². The van der Waals surface area contributed by atoms with Crippen molar-refractivity contribution >= 4 is 0 Å². The summed E-state index contributed by atoms with van der Waals surface area (Å²) in [6.45, 7) is 2.05. The molecule has 4 rings (SSSR count). The Labute approximate surface area is 191 Å². The Morgan fingerprint density at radius 3 is 2.31 bits per heavy atom. The van der Waals surface area contributed by atoms with E-state index in [1.165, 1.54) is 0 Å². The Balaban J connectivity index is 1.26. The van der Waals surface area contributed by atoms with Crippen LogP contribution in [0.4, 0.5) is 13.2 Å². The highest BCUT2D eigenvalue weighted by atomic mass is 19.2. The van der Waals surface area contributed by atoms with E-state index in [9.17, 15) is 13.9 Å². The van der Waals surface area contributed by atoms with E-state index < -0.39 is 17.8 Å². The third kappa shape index (κ3) is 5.43. The zero-order valence-corrected chi connectivity index (χ0v) is 19.4. The first-order valence-electron chi connectivity index (χ1n) is 12.9. The second-order valence-electron chi connectivity index (χ2n) is 10.8. The molecule has 4 aliphatic carbocycles. The van der Waals surface area contributed by atoms with E-state index in [1.54, 1.807) is 6.08 Å². The minimum Gasteiger partial charge on any atom is -0.393 e. The fourth-order valence-electron chi connectivity index (χ4n) is 6.62. The van der Waals surface area contributed by atoms with Gasteiger partial charge in [0.25, 0.3) is 0 Å². The molecule has 4 heteroatoms. The number of rotatable bonds is 6. The molecule has 0 aliphatic heterocycles. The maximum atomic E-state index is 15.1. The molecule has 178 valence electrons. The molecule has 6 atom stereocenters. The van der Waals surface area contributed by atoms with Crippen molar-refractivity contribution in [2.75, 3.05) is 0 Å². The average Bonchev–Trinajstić information content (AvgIpc) is 2.81. The van der Waals surface area contributed by atoms with Crippen molar-refractivity contribution in [1.29, 1.82) is 0 Å². The average molecular weight is 449 g/mol. The smallest absolute Gasteiger partial charge is 0.135 e. The van der Waals surface area contributed by atoms with E-state index in [-0.39, 0.29) is 41.3 Å². The van der Waals surface area contributed by atoms with Crippen molar-refractivity contribution in [3.63, 3.8) is 0 Å². The van der Waals surface area contributed by atoms with Gasteiger partial charge in [0.2, 0.25) is 0 Å². The fourth-order valence-corrected chi connectivity index (χ4v) is 6.62. The second kappa shape index (κ2) is 10.8. The quantitative estimate of drug-likeness (QED) is 0.435. The molecule has 0 aromatic heterocycles. The minimum atomic E-state index is -0.509. The minimum absolute atomic E-state index is 0.000658. The van der Waals surface area contributed by atoms with Gasteiger partial charge in [-0.1, -0.05) is 31.2 Å². The second-order valence-corrected chi connectivity index (χ2v) is 10.8. The molecule has 0 aromatic carbocycles. The molecule has 1 nitrogen and oxygen atoms in total. The Bertz CT molecular complexity index is 759. The Morgan fingerprint density at radius 1 is 0.906 bits per heavy atom. The van der Waals surface area contributed by atoms with Crippen LogP contribution < -0.4 is 0 Å². The lowest BCUT2D eigenvalue weighted by Crippen LogP contribution is -2.32. The van der Waals surface area contributed by atoms with Gasteiger partial charge in [0, 0.05) is 17.8 Å². The largest absolute Gasteiger partial charge is 0.393 e. The molecule has 4 aliphatic rings. The zero-order chi connectivity index (χ0) is 22.7. The van der Waals surface area contributed by atoms with E-state index >= 15 is 4.39 Å². The summed E-state index contributed by atoms with van der Waals surface area (Å²) in [6, 6.07) is 0. The molecule has 0 radical (unpaired) electrons. The van der Waals surface area contributed by atoms with Crippen LogP contribution in [0.25, 0.3) is 0 Å². The molecule has 1 fully saturated rings. The fraction of sp³-hybridized carbons (Fsp3) is 0.714. The lowest BCUT2D eigenvalue weighted by Gasteiger charge is -2.39. The normalized spacial score (nSPS) is 39.2. The van der Waals surface area contributed by atoms with E-state index in [4.69, 9.17) is 0 Å². The van der Waals surface area contributed by atoms with Gasteiger partial charge in [-0.2, -0.15) is 0 Å². The van der Waals surface area contributed by atoms with Crippen LogP contribution in [0, 0.1) is 41.4 Å². The molecule has 0 aromatic rings. The maximum absolute atomic E-state index is 15.1. The van der Waals surface area contributed by atoms with Crippen LogP contribution in [-0.4, -0.2) is 11.2 Å². The van der Waals surface area contributed by atoms with Crippen molar-refractivity contribution in [3.05, 3.63) is 47.9 Å². The first-order chi connectivity index (χ1) is 15.4. The Morgan fingerprint density at radius 2 is 1.62 bits per heavy atom. The van der Waals surface area contributed by atoms with E-state index in [1.807, 2.05) is 31.2 Å². The van der Waals surface area contributed by atoms with Gasteiger partial charge in [0.15, 0.2) is 0 Å². The summed E-state index contributed by atoms with van der Waals surface area (Å²) in [5, 5.41) is 10.7. The number of halogens is 3. The van der Waals surface area contributed by atoms with Crippen molar-refractivity contribution < 1.29 is 18.3 Å². The number of aliphatic hydroxyl groups is 1. The lowest BCUT2D eigenvalue weighted by molar-refractivity contribution is 0.0507. The predicted octanol–water partition coefficient (Wildman–Crippen LogP) is 8.14. The highest BCUT2D eigenvalue weighted by molar-refractivity contribution is 5.20. The van der Waals surface area contributed by atoms with Crippen molar-refractivity contribution in [3.8, 4) is 0 Å². The molecule has 0 heterocycles. The van der Waals surface area contributed by atoms with Gasteiger partial charge >= 0.3 is 0 Å². The molecule has 0 bridgehead atoms. The molecule has 2 unspecified atom stereocenters. The summed E-state index contributed by atoms with van der Waals surface area (Å²) in [7, 11) is 0. The lowest BCUT2D eigenvalue weighted by atomic mass is 9.68. The van der Waals surface area contributed by atoms with Gasteiger partial charge in [0.1, 0.15) is 11.7 Å². The van der Waals surface area contributed by atoms with E-state index in [2.05, 4.69) is 0 Å². The Kier molecular flexibility index (Phi) is 8.02. The molecule has 32 heavy (non-hydrogen) atoms. The molecule has 1 saturated carbocycles. The van der Waals surface area contributed by atoms with Crippen LogP contribution in [0.5, 0.6) is 0 Å². The van der Waals surface area contributed by atoms with Gasteiger partial charge < -0.3 is 5.11 Å². The third-order valence-electron chi connectivity index (χ3n) is 8.74. The predicted molar refractivity (Wildman–Crippen MR) is 124 cm³/mol. The standard InChI is InChI=1S/C28H39F3O/c1-18-7-8-21(25(29)17-18)13-16-26(32)22-11-9-20(10-12-22)24-15-14-23(27(30)28(24)31)19-5-3-2-4-6-19/h2-5,17-24,26,32H,6-16H2,1H3/t18-,19+,20?,21?,22?,23?,24+,26-/m0/s1. The Hall–Kier alpha value is -1.29. The number of aliphatic hydroxyl groups excluding tert-OH is 1. The van der Waals surface area contributed by atoms with Crippen LogP contribution in [0.2, 0.25) is 0 Å². The molecule has 0 amide bonds. The summed E-state index contributed by atoms with van der Waals surface area (Å²) in [4.78, 5) is 0. The van der Waals surface area contributed by atoms with Gasteiger partial charge in [-0.05, 0) is 100 Å². The molecule has 1 N–H and O–H groups in total. The first kappa shape index (κ1) is 23.9. The van der Waals surface area contributed by atoms with Crippen molar-refractivity contribution in [2.24, 2.45) is 41.4 Å². The summed E-state index contributed by atoms with van der Waals surface area (Å²) in [5.41, 5.74) is 0. The van der Waals surface area contributed by atoms with Gasteiger partial charge in [0.05, 0.1) is 11.9 Å². The topological polar surface area (TPSA) is 20.2 Å². The van der Waals surface area contributed by atoms with Crippen LogP contribution in [0.3, 0.4) is 0 Å². The van der Waals surface area contributed by atoms with Crippen LogP contribution >= 0.6 is 0 Å². The van der Waals surface area contributed by atoms with Crippen LogP contribution in [-0.2, 0) is 0 Å².